The molecule has 0 aliphatic carbocycles. The molecule has 3 atom stereocenters. The molecule has 0 aliphatic rings. The summed E-state index contributed by atoms with van der Waals surface area (Å²) in [5.41, 5.74) is 6.96. The predicted molar refractivity (Wildman–Crippen MR) is 146 cm³/mol. The predicted octanol–water partition coefficient (Wildman–Crippen LogP) is 1.68. The molecule has 2 rings (SSSR count). The highest BCUT2D eigenvalue weighted by atomic mass is 32.1. The monoisotopic (exact) mass is 556 g/mol. The third-order valence-electron chi connectivity index (χ3n) is 5.38. The van der Waals surface area contributed by atoms with Gasteiger partial charge in [0.15, 0.2) is 0 Å². The molecular weight excluding hydrogens is 524 g/mol. The lowest BCUT2D eigenvalue weighted by atomic mass is 10.0. The average Bonchev–Trinajstić information content (AvgIpc) is 2.90. The number of carboxylic acid groups (broad SMARTS) is 1. The number of rotatable bonds is 13. The molecule has 0 saturated carbocycles. The van der Waals surface area contributed by atoms with Gasteiger partial charge in [0.2, 0.25) is 11.8 Å². The Morgan fingerprint density at radius 2 is 1.49 bits per heavy atom. The van der Waals surface area contributed by atoms with Gasteiger partial charge in [-0.15, -0.1) is 0 Å². The Morgan fingerprint density at radius 1 is 0.897 bits per heavy atom. The van der Waals surface area contributed by atoms with Crippen molar-refractivity contribution in [1.82, 2.24) is 16.0 Å². The van der Waals surface area contributed by atoms with Gasteiger partial charge in [-0.05, 0) is 23.5 Å². The van der Waals surface area contributed by atoms with Crippen molar-refractivity contribution in [1.29, 1.82) is 0 Å². The summed E-state index contributed by atoms with van der Waals surface area (Å²) in [6.07, 6.45) is -1.55. The van der Waals surface area contributed by atoms with Crippen LogP contribution in [0.4, 0.5) is 4.79 Å². The summed E-state index contributed by atoms with van der Waals surface area (Å²) in [4.78, 5) is 62.4. The second-order valence-electron chi connectivity index (χ2n) is 9.12. The van der Waals surface area contributed by atoms with Crippen LogP contribution in [-0.4, -0.2) is 57.9 Å². The fourth-order valence-electron chi connectivity index (χ4n) is 3.47. The Morgan fingerprint density at radius 3 is 2.05 bits per heavy atom. The smallest absolute Gasteiger partial charge is 0.414 e. The van der Waals surface area contributed by atoms with Crippen molar-refractivity contribution in [2.45, 2.75) is 51.4 Å². The summed E-state index contributed by atoms with van der Waals surface area (Å²) in [7, 11) is 0. The Bertz CT molecular complexity index is 1180. The highest BCUT2D eigenvalue weighted by molar-refractivity contribution is 7.81. The lowest BCUT2D eigenvalue weighted by molar-refractivity contribution is -0.141. The van der Waals surface area contributed by atoms with Gasteiger partial charge in [-0.1, -0.05) is 86.7 Å². The van der Waals surface area contributed by atoms with Crippen LogP contribution in [0, 0.1) is 5.92 Å². The van der Waals surface area contributed by atoms with Crippen LogP contribution in [0.2, 0.25) is 0 Å². The van der Waals surface area contributed by atoms with Crippen LogP contribution in [0.25, 0.3) is 0 Å². The first-order chi connectivity index (χ1) is 18.5. The van der Waals surface area contributed by atoms with E-state index in [0.717, 1.165) is 0 Å². The molecule has 6 N–H and O–H groups in total. The van der Waals surface area contributed by atoms with Gasteiger partial charge < -0.3 is 26.2 Å². The van der Waals surface area contributed by atoms with E-state index in [1.165, 1.54) is 0 Å². The molecule has 0 spiro atoms. The van der Waals surface area contributed by atoms with Crippen LogP contribution in [0.1, 0.15) is 37.8 Å². The number of ether oxygens (including phenoxy) is 1. The topological polar surface area (TPSA) is 177 Å². The summed E-state index contributed by atoms with van der Waals surface area (Å²) >= 11 is 5.43. The molecule has 0 fully saturated rings. The molecule has 12 heteroatoms. The molecule has 39 heavy (non-hydrogen) atoms. The van der Waals surface area contributed by atoms with Gasteiger partial charge in [0.25, 0.3) is 5.91 Å². The van der Waals surface area contributed by atoms with Crippen LogP contribution in [0.15, 0.2) is 60.7 Å². The van der Waals surface area contributed by atoms with Crippen LogP contribution in [0.5, 0.6) is 0 Å². The molecule has 2 aromatic rings. The molecule has 0 aromatic heterocycles. The van der Waals surface area contributed by atoms with Gasteiger partial charge in [-0.3, -0.25) is 24.5 Å². The standard InChI is InChI=1S/C27H32N4O7S/c1-16(2)13-19(28)24(34)29-20(14-21(32)33)25(35)30-22(23(39)18-11-7-4-8-12-18)26(36)31-27(37)38-15-17-9-5-3-6-10-17/h3-12,16,19-20,22H,13-15,28H2,1-2H3,(H,29,34)(H,30,35)(H,32,33)(H,31,36,37)/t19-,20-,22-/m0/s1. The molecule has 0 unspecified atom stereocenters. The number of aliphatic carboxylic acids is 1. The fourth-order valence-corrected chi connectivity index (χ4v) is 3.77. The maximum Gasteiger partial charge on any atom is 0.414 e. The normalized spacial score (nSPS) is 12.9. The SMILES string of the molecule is CC(C)C[C@H](N)C(=O)N[C@@H](CC(=O)O)C(=O)N[C@H](C(=O)NC(=O)OCc1ccccc1)C(=S)c1ccccc1. The fraction of sp³-hybridized carbons (Fsp3) is 0.333. The summed E-state index contributed by atoms with van der Waals surface area (Å²) in [5.74, 6) is -4.02. The molecule has 0 bridgehead atoms. The maximum absolute atomic E-state index is 13.1. The highest BCUT2D eigenvalue weighted by Crippen LogP contribution is 2.09. The van der Waals surface area contributed by atoms with Gasteiger partial charge in [0.1, 0.15) is 18.7 Å². The number of amides is 4. The van der Waals surface area contributed by atoms with Gasteiger partial charge in [0, 0.05) is 0 Å². The maximum atomic E-state index is 13.1. The molecule has 0 heterocycles. The van der Waals surface area contributed by atoms with E-state index in [4.69, 9.17) is 22.7 Å². The van der Waals surface area contributed by atoms with E-state index < -0.39 is 54.3 Å². The second-order valence-corrected chi connectivity index (χ2v) is 9.56. The third kappa shape index (κ3) is 10.6. The van der Waals surface area contributed by atoms with E-state index in [2.05, 4.69) is 10.6 Å². The number of nitrogens with two attached hydrogens (primary N) is 1. The third-order valence-corrected chi connectivity index (χ3v) is 5.85. The van der Waals surface area contributed by atoms with Crippen molar-refractivity contribution in [2.75, 3.05) is 0 Å². The minimum Gasteiger partial charge on any atom is -0.481 e. The second kappa shape index (κ2) is 15.3. The van der Waals surface area contributed by atoms with Crippen molar-refractivity contribution < 1.29 is 33.8 Å². The first kappa shape index (κ1) is 31.1. The highest BCUT2D eigenvalue weighted by Gasteiger charge is 2.33. The van der Waals surface area contributed by atoms with Crippen molar-refractivity contribution in [3.05, 3.63) is 71.8 Å². The zero-order valence-corrected chi connectivity index (χ0v) is 22.4. The number of imide groups is 1. The van der Waals surface area contributed by atoms with E-state index in [1.54, 1.807) is 60.7 Å². The average molecular weight is 557 g/mol. The van der Waals surface area contributed by atoms with E-state index in [0.29, 0.717) is 17.5 Å². The molecular formula is C27H32N4O7S. The molecule has 11 nitrogen and oxygen atoms in total. The zero-order valence-electron chi connectivity index (χ0n) is 21.6. The number of hydrogen-bond acceptors (Lipinski definition) is 8. The summed E-state index contributed by atoms with van der Waals surface area (Å²) < 4.78 is 5.07. The summed E-state index contributed by atoms with van der Waals surface area (Å²) in [6, 6.07) is 12.9. The largest absolute Gasteiger partial charge is 0.481 e. The minimum absolute atomic E-state index is 0.0470. The van der Waals surface area contributed by atoms with Crippen molar-refractivity contribution in [3.63, 3.8) is 0 Å². The molecule has 0 radical (unpaired) electrons. The molecule has 208 valence electrons. The summed E-state index contributed by atoms with van der Waals surface area (Å²) in [5, 5.41) is 16.0. The first-order valence-corrected chi connectivity index (χ1v) is 12.6. The number of carbonyl (C=O) groups is 5. The Kier molecular flexibility index (Phi) is 12.2. The minimum atomic E-state index is -1.57. The van der Waals surface area contributed by atoms with Crippen LogP contribution < -0.4 is 21.7 Å². The number of carbonyl (C=O) groups excluding carboxylic acids is 4. The Hall–Kier alpha value is -4.16. The van der Waals surface area contributed by atoms with Gasteiger partial charge in [-0.25, -0.2) is 4.79 Å². The number of benzene rings is 2. The first-order valence-electron chi connectivity index (χ1n) is 12.2. The molecule has 2 aromatic carbocycles. The Balaban J connectivity index is 2.20. The van der Waals surface area contributed by atoms with Crippen LogP contribution in [0.3, 0.4) is 0 Å². The number of carboxylic acids is 1. The molecule has 0 saturated heterocycles. The number of thiocarbonyl (C=S) groups is 1. The van der Waals surface area contributed by atoms with E-state index in [-0.39, 0.29) is 17.4 Å². The molecule has 4 amide bonds. The van der Waals surface area contributed by atoms with E-state index in [1.807, 2.05) is 19.2 Å². The number of alkyl carbamates (subject to hydrolysis) is 1. The van der Waals surface area contributed by atoms with Gasteiger partial charge in [-0.2, -0.15) is 0 Å². The van der Waals surface area contributed by atoms with Crippen molar-refractivity contribution in [3.8, 4) is 0 Å². The van der Waals surface area contributed by atoms with Gasteiger partial charge >= 0.3 is 12.1 Å². The van der Waals surface area contributed by atoms with E-state index in [9.17, 15) is 29.1 Å². The lowest BCUT2D eigenvalue weighted by Crippen LogP contribution is -2.58. The van der Waals surface area contributed by atoms with Crippen LogP contribution >= 0.6 is 12.2 Å². The summed E-state index contributed by atoms with van der Waals surface area (Å²) in [6.45, 7) is 3.60. The quantitative estimate of drug-likeness (QED) is 0.181. The number of nitrogens with one attached hydrogen (secondary N) is 3. The van der Waals surface area contributed by atoms with Crippen molar-refractivity contribution >= 4 is 46.9 Å². The zero-order chi connectivity index (χ0) is 28.9. The van der Waals surface area contributed by atoms with Gasteiger partial charge in [0.05, 0.1) is 17.3 Å². The molecule has 0 aliphatic heterocycles. The number of hydrogen-bond donors (Lipinski definition) is 5. The Labute approximate surface area is 231 Å². The lowest BCUT2D eigenvalue weighted by Gasteiger charge is -2.24. The van der Waals surface area contributed by atoms with Crippen LogP contribution in [-0.2, 0) is 30.5 Å². The van der Waals surface area contributed by atoms with Crippen molar-refractivity contribution in [2.24, 2.45) is 11.7 Å². The van der Waals surface area contributed by atoms with E-state index >= 15 is 0 Å².